The average Bonchev–Trinajstić information content (AvgIpc) is 2.15. The van der Waals surface area contributed by atoms with Crippen LogP contribution in [0.1, 0.15) is 40.0 Å². The summed E-state index contributed by atoms with van der Waals surface area (Å²) >= 11 is 0. The number of hydrogen-bond donors (Lipinski definition) is 2. The molecule has 0 spiro atoms. The van der Waals surface area contributed by atoms with Gasteiger partial charge < -0.3 is 10.6 Å². The molecule has 0 amide bonds. The molecule has 0 aromatic heterocycles. The molecule has 0 bridgehead atoms. The van der Waals surface area contributed by atoms with Crippen molar-refractivity contribution < 1.29 is 0 Å². The lowest BCUT2D eigenvalue weighted by atomic mass is 9.98. The van der Waals surface area contributed by atoms with E-state index in [0.717, 1.165) is 11.8 Å². The van der Waals surface area contributed by atoms with Crippen LogP contribution in [-0.4, -0.2) is 25.7 Å². The smallest absolute Gasteiger partial charge is 0.00412 e. The number of hydrogen-bond acceptors (Lipinski definition) is 2. The van der Waals surface area contributed by atoms with Gasteiger partial charge in [-0.3, -0.25) is 0 Å². The highest BCUT2D eigenvalue weighted by Gasteiger charge is 2.13. The third-order valence-electron chi connectivity index (χ3n) is 2.98. The van der Waals surface area contributed by atoms with Crippen LogP contribution in [0.2, 0.25) is 0 Å². The summed E-state index contributed by atoms with van der Waals surface area (Å²) in [6, 6.07) is 0.678. The van der Waals surface area contributed by atoms with E-state index in [1.807, 2.05) is 0 Å². The lowest BCUT2D eigenvalue weighted by Gasteiger charge is -2.25. The molecule has 2 nitrogen and oxygen atoms in total. The van der Waals surface area contributed by atoms with Crippen molar-refractivity contribution in [3.8, 4) is 0 Å². The molecule has 0 saturated carbocycles. The maximum atomic E-state index is 3.64. The molecule has 2 N–H and O–H groups in total. The summed E-state index contributed by atoms with van der Waals surface area (Å²) in [6.07, 6.45) is 4.04. The fourth-order valence-electron chi connectivity index (χ4n) is 2.26. The highest BCUT2D eigenvalue weighted by Crippen LogP contribution is 2.10. The molecule has 1 aliphatic heterocycles. The van der Waals surface area contributed by atoms with E-state index in [-0.39, 0.29) is 0 Å². The summed E-state index contributed by atoms with van der Waals surface area (Å²) in [5, 5.41) is 7.10. The van der Waals surface area contributed by atoms with Gasteiger partial charge in [-0.25, -0.2) is 0 Å². The van der Waals surface area contributed by atoms with Gasteiger partial charge in [-0.15, -0.1) is 0 Å². The predicted octanol–water partition coefficient (Wildman–Crippen LogP) is 2.01. The fraction of sp³-hybridized carbons (Fsp3) is 1.00. The second-order valence-corrected chi connectivity index (χ2v) is 5.15. The van der Waals surface area contributed by atoms with E-state index in [0.29, 0.717) is 6.04 Å². The van der Waals surface area contributed by atoms with Crippen LogP contribution in [0.3, 0.4) is 0 Å². The molecule has 2 unspecified atom stereocenters. The molecule has 0 aromatic carbocycles. The monoisotopic (exact) mass is 198 g/mol. The zero-order valence-corrected chi connectivity index (χ0v) is 9.97. The number of piperidine rings is 1. The van der Waals surface area contributed by atoms with Gasteiger partial charge in [0.1, 0.15) is 0 Å². The molecule has 0 radical (unpaired) electrons. The van der Waals surface area contributed by atoms with Crippen LogP contribution < -0.4 is 10.6 Å². The fourth-order valence-corrected chi connectivity index (χ4v) is 2.26. The SMILES string of the molecule is CC(C)CC(C)NCC1CCCNC1. The summed E-state index contributed by atoms with van der Waals surface area (Å²) < 4.78 is 0. The minimum atomic E-state index is 0.678. The van der Waals surface area contributed by atoms with E-state index in [2.05, 4.69) is 31.4 Å². The van der Waals surface area contributed by atoms with Crippen molar-refractivity contribution in [2.75, 3.05) is 19.6 Å². The first-order chi connectivity index (χ1) is 6.68. The lowest BCUT2D eigenvalue weighted by molar-refractivity contribution is 0.334. The Balaban J connectivity index is 2.06. The van der Waals surface area contributed by atoms with Crippen molar-refractivity contribution in [2.24, 2.45) is 11.8 Å². The molecular formula is C12H26N2. The summed E-state index contributed by atoms with van der Waals surface area (Å²) in [5.74, 6) is 1.67. The largest absolute Gasteiger partial charge is 0.316 e. The Bertz CT molecular complexity index is 139. The number of rotatable bonds is 5. The third-order valence-corrected chi connectivity index (χ3v) is 2.98. The molecule has 1 rings (SSSR count). The van der Waals surface area contributed by atoms with Crippen LogP contribution in [0.4, 0.5) is 0 Å². The van der Waals surface area contributed by atoms with Crippen molar-refractivity contribution in [3.05, 3.63) is 0 Å². The summed E-state index contributed by atoms with van der Waals surface area (Å²) in [7, 11) is 0. The van der Waals surface area contributed by atoms with Gasteiger partial charge in [-0.2, -0.15) is 0 Å². The Hall–Kier alpha value is -0.0800. The summed E-state index contributed by atoms with van der Waals surface area (Å²) in [6.45, 7) is 10.5. The molecule has 1 saturated heterocycles. The van der Waals surface area contributed by atoms with Gasteiger partial charge in [0.05, 0.1) is 0 Å². The molecule has 84 valence electrons. The Labute approximate surface area is 88.8 Å². The van der Waals surface area contributed by atoms with E-state index in [9.17, 15) is 0 Å². The normalized spacial score (nSPS) is 25.3. The zero-order chi connectivity index (χ0) is 10.4. The maximum absolute atomic E-state index is 3.64. The second-order valence-electron chi connectivity index (χ2n) is 5.15. The predicted molar refractivity (Wildman–Crippen MR) is 62.5 cm³/mol. The maximum Gasteiger partial charge on any atom is 0.00412 e. The van der Waals surface area contributed by atoms with Gasteiger partial charge in [-0.05, 0) is 57.7 Å². The van der Waals surface area contributed by atoms with Crippen LogP contribution in [0.25, 0.3) is 0 Å². The van der Waals surface area contributed by atoms with Crippen molar-refractivity contribution in [3.63, 3.8) is 0 Å². The van der Waals surface area contributed by atoms with Gasteiger partial charge in [-0.1, -0.05) is 13.8 Å². The minimum absolute atomic E-state index is 0.678. The quantitative estimate of drug-likeness (QED) is 0.706. The average molecular weight is 198 g/mol. The third kappa shape index (κ3) is 4.97. The van der Waals surface area contributed by atoms with Gasteiger partial charge in [0.15, 0.2) is 0 Å². The van der Waals surface area contributed by atoms with E-state index in [1.54, 1.807) is 0 Å². The Morgan fingerprint density at radius 3 is 2.71 bits per heavy atom. The molecular weight excluding hydrogens is 172 g/mol. The van der Waals surface area contributed by atoms with Gasteiger partial charge in [0, 0.05) is 6.04 Å². The Morgan fingerprint density at radius 1 is 1.36 bits per heavy atom. The summed E-state index contributed by atoms with van der Waals surface area (Å²) in [5.41, 5.74) is 0. The molecule has 2 atom stereocenters. The first-order valence-corrected chi connectivity index (χ1v) is 6.12. The van der Waals surface area contributed by atoms with E-state index in [1.165, 1.54) is 38.9 Å². The Morgan fingerprint density at radius 2 is 2.14 bits per heavy atom. The molecule has 14 heavy (non-hydrogen) atoms. The lowest BCUT2D eigenvalue weighted by Crippen LogP contribution is -2.39. The van der Waals surface area contributed by atoms with Crippen LogP contribution in [0, 0.1) is 11.8 Å². The van der Waals surface area contributed by atoms with Crippen molar-refractivity contribution in [1.29, 1.82) is 0 Å². The number of nitrogens with one attached hydrogen (secondary N) is 2. The van der Waals surface area contributed by atoms with Crippen molar-refractivity contribution >= 4 is 0 Å². The highest BCUT2D eigenvalue weighted by atomic mass is 14.9. The van der Waals surface area contributed by atoms with E-state index < -0.39 is 0 Å². The van der Waals surface area contributed by atoms with Gasteiger partial charge in [0.25, 0.3) is 0 Å². The molecule has 2 heteroatoms. The van der Waals surface area contributed by atoms with E-state index in [4.69, 9.17) is 0 Å². The molecule has 0 aromatic rings. The standard InChI is InChI=1S/C12H26N2/c1-10(2)7-11(3)14-9-12-5-4-6-13-8-12/h10-14H,4-9H2,1-3H3. The van der Waals surface area contributed by atoms with Crippen LogP contribution in [0.15, 0.2) is 0 Å². The molecule has 1 fully saturated rings. The van der Waals surface area contributed by atoms with Crippen LogP contribution in [-0.2, 0) is 0 Å². The van der Waals surface area contributed by atoms with E-state index >= 15 is 0 Å². The van der Waals surface area contributed by atoms with Crippen LogP contribution in [0.5, 0.6) is 0 Å². The minimum Gasteiger partial charge on any atom is -0.316 e. The first-order valence-electron chi connectivity index (χ1n) is 6.12. The first kappa shape index (κ1) is 12.0. The molecule has 1 heterocycles. The second kappa shape index (κ2) is 6.41. The molecule has 0 aliphatic carbocycles. The Kier molecular flexibility index (Phi) is 5.49. The van der Waals surface area contributed by atoms with Gasteiger partial charge in [0.2, 0.25) is 0 Å². The zero-order valence-electron chi connectivity index (χ0n) is 9.97. The van der Waals surface area contributed by atoms with Crippen molar-refractivity contribution in [1.82, 2.24) is 10.6 Å². The topological polar surface area (TPSA) is 24.1 Å². The highest BCUT2D eigenvalue weighted by molar-refractivity contribution is 4.73. The van der Waals surface area contributed by atoms with Crippen LogP contribution >= 0.6 is 0 Å². The van der Waals surface area contributed by atoms with Gasteiger partial charge >= 0.3 is 0 Å². The summed E-state index contributed by atoms with van der Waals surface area (Å²) in [4.78, 5) is 0. The van der Waals surface area contributed by atoms with Crippen molar-refractivity contribution in [2.45, 2.75) is 46.1 Å². The molecule has 1 aliphatic rings.